The first-order valence-electron chi connectivity index (χ1n) is 9.02. The minimum absolute atomic E-state index is 1.19. The molecule has 0 bridgehead atoms. The van der Waals surface area contributed by atoms with Crippen molar-refractivity contribution < 1.29 is 0 Å². The Balaban J connectivity index is 1.79. The quantitative estimate of drug-likeness (QED) is 0.393. The average Bonchev–Trinajstić information content (AvgIpc) is 2.66. The number of aryl methyl sites for hydroxylation is 2. The van der Waals surface area contributed by atoms with Gasteiger partial charge in [0, 0.05) is 18.4 Å². The molecule has 0 spiro atoms. The third kappa shape index (κ3) is 3.09. The molecule has 0 heterocycles. The van der Waals surface area contributed by atoms with Crippen molar-refractivity contribution in [2.45, 2.75) is 13.8 Å². The summed E-state index contributed by atoms with van der Waals surface area (Å²) < 4.78 is 0. The molecule has 0 aliphatic rings. The summed E-state index contributed by atoms with van der Waals surface area (Å²) in [4.78, 5) is 2.26. The summed E-state index contributed by atoms with van der Waals surface area (Å²) in [7, 11) is 2.14. The van der Waals surface area contributed by atoms with E-state index in [1.807, 2.05) is 0 Å². The zero-order valence-corrected chi connectivity index (χ0v) is 15.5. The Labute approximate surface area is 155 Å². The van der Waals surface area contributed by atoms with Crippen LogP contribution in [0.5, 0.6) is 0 Å². The minimum Gasteiger partial charge on any atom is -0.345 e. The molecule has 26 heavy (non-hydrogen) atoms. The Bertz CT molecular complexity index is 1050. The van der Waals surface area contributed by atoms with Gasteiger partial charge < -0.3 is 4.90 Å². The van der Waals surface area contributed by atoms with Crippen LogP contribution in [0.25, 0.3) is 21.9 Å². The number of nitrogens with zero attached hydrogens (tertiary/aromatic N) is 1. The zero-order valence-electron chi connectivity index (χ0n) is 15.5. The predicted octanol–water partition coefficient (Wildman–Crippen LogP) is 6.89. The van der Waals surface area contributed by atoms with Gasteiger partial charge in [-0.1, -0.05) is 60.7 Å². The van der Waals surface area contributed by atoms with E-state index < -0.39 is 0 Å². The number of anilines is 2. The van der Waals surface area contributed by atoms with Crippen LogP contribution < -0.4 is 4.90 Å². The highest BCUT2D eigenvalue weighted by Gasteiger charge is 2.08. The van der Waals surface area contributed by atoms with Crippen molar-refractivity contribution in [1.29, 1.82) is 0 Å². The first kappa shape index (κ1) is 16.4. The molecule has 0 radical (unpaired) electrons. The Morgan fingerprint density at radius 2 is 1.31 bits per heavy atom. The van der Waals surface area contributed by atoms with E-state index in [1.165, 1.54) is 44.4 Å². The summed E-state index contributed by atoms with van der Waals surface area (Å²) in [6, 6.07) is 30.6. The smallest absolute Gasteiger partial charge is 0.0414 e. The average molecular weight is 337 g/mol. The molecule has 0 N–H and O–H groups in total. The molecule has 1 heteroatoms. The third-order valence-electron chi connectivity index (χ3n) is 4.93. The highest BCUT2D eigenvalue weighted by Crippen LogP contribution is 2.33. The Morgan fingerprint density at radius 3 is 2.12 bits per heavy atom. The fraction of sp³-hybridized carbons (Fsp3) is 0.120. The molecule has 0 atom stereocenters. The first-order valence-corrected chi connectivity index (χ1v) is 9.02. The van der Waals surface area contributed by atoms with Crippen LogP contribution in [-0.2, 0) is 0 Å². The normalized spacial score (nSPS) is 10.9. The molecular formula is C25H23N. The highest BCUT2D eigenvalue weighted by atomic mass is 15.1. The summed E-state index contributed by atoms with van der Waals surface area (Å²) in [5, 5.41) is 2.57. The van der Waals surface area contributed by atoms with Gasteiger partial charge in [-0.2, -0.15) is 0 Å². The molecule has 0 aromatic heterocycles. The lowest BCUT2D eigenvalue weighted by Gasteiger charge is -2.21. The summed E-state index contributed by atoms with van der Waals surface area (Å²) in [6.07, 6.45) is 0. The van der Waals surface area contributed by atoms with Gasteiger partial charge >= 0.3 is 0 Å². The molecule has 0 amide bonds. The second-order valence-electron chi connectivity index (χ2n) is 6.98. The lowest BCUT2D eigenvalue weighted by atomic mass is 9.98. The SMILES string of the molecule is Cc1cc(C)cc(N(C)c2cccc(-c3cccc4ccccc34)c2)c1. The van der Waals surface area contributed by atoms with E-state index >= 15 is 0 Å². The maximum absolute atomic E-state index is 2.28. The highest BCUT2D eigenvalue weighted by molar-refractivity contribution is 5.97. The molecule has 0 unspecified atom stereocenters. The van der Waals surface area contributed by atoms with Gasteiger partial charge in [0.2, 0.25) is 0 Å². The van der Waals surface area contributed by atoms with E-state index in [4.69, 9.17) is 0 Å². The number of benzene rings is 4. The van der Waals surface area contributed by atoms with Crippen molar-refractivity contribution in [3.8, 4) is 11.1 Å². The summed E-state index contributed by atoms with van der Waals surface area (Å²) in [6.45, 7) is 4.30. The fourth-order valence-corrected chi connectivity index (χ4v) is 3.65. The van der Waals surface area contributed by atoms with Crippen molar-refractivity contribution in [2.24, 2.45) is 0 Å². The van der Waals surface area contributed by atoms with Gasteiger partial charge in [0.1, 0.15) is 0 Å². The topological polar surface area (TPSA) is 3.24 Å². The maximum atomic E-state index is 2.28. The summed E-state index contributed by atoms with van der Waals surface area (Å²) in [5.74, 6) is 0. The van der Waals surface area contributed by atoms with Crippen LogP contribution in [0.3, 0.4) is 0 Å². The van der Waals surface area contributed by atoms with E-state index in [0.29, 0.717) is 0 Å². The molecule has 4 rings (SSSR count). The van der Waals surface area contributed by atoms with Gasteiger partial charge in [-0.3, -0.25) is 0 Å². The van der Waals surface area contributed by atoms with E-state index in [2.05, 4.69) is 111 Å². The number of fused-ring (bicyclic) bond motifs is 1. The molecule has 128 valence electrons. The summed E-state index contributed by atoms with van der Waals surface area (Å²) in [5.41, 5.74) is 7.52. The van der Waals surface area contributed by atoms with E-state index in [-0.39, 0.29) is 0 Å². The Hall–Kier alpha value is -3.06. The van der Waals surface area contributed by atoms with E-state index in [1.54, 1.807) is 0 Å². The molecule has 4 aromatic carbocycles. The zero-order chi connectivity index (χ0) is 18.1. The summed E-state index contributed by atoms with van der Waals surface area (Å²) >= 11 is 0. The van der Waals surface area contributed by atoms with E-state index in [9.17, 15) is 0 Å². The van der Waals surface area contributed by atoms with Crippen LogP contribution in [0, 0.1) is 13.8 Å². The number of rotatable bonds is 3. The van der Waals surface area contributed by atoms with Crippen molar-refractivity contribution in [3.63, 3.8) is 0 Å². The van der Waals surface area contributed by atoms with Gasteiger partial charge in [0.05, 0.1) is 0 Å². The lowest BCUT2D eigenvalue weighted by Crippen LogP contribution is -2.09. The predicted molar refractivity (Wildman–Crippen MR) is 113 cm³/mol. The molecule has 0 aliphatic carbocycles. The van der Waals surface area contributed by atoms with E-state index in [0.717, 1.165) is 0 Å². The standard InChI is InChI=1S/C25H23N/c1-18-14-19(2)16-23(15-18)26(3)22-11-6-10-21(17-22)25-13-7-9-20-8-4-5-12-24(20)25/h4-17H,1-3H3. The van der Waals surface area contributed by atoms with Crippen LogP contribution in [0.2, 0.25) is 0 Å². The minimum atomic E-state index is 1.19. The van der Waals surface area contributed by atoms with Gasteiger partial charge in [0.15, 0.2) is 0 Å². The van der Waals surface area contributed by atoms with Gasteiger partial charge in [0.25, 0.3) is 0 Å². The number of hydrogen-bond acceptors (Lipinski definition) is 1. The van der Waals surface area contributed by atoms with Gasteiger partial charge in [-0.05, 0) is 71.1 Å². The van der Waals surface area contributed by atoms with Crippen LogP contribution in [0.4, 0.5) is 11.4 Å². The molecule has 0 aliphatic heterocycles. The van der Waals surface area contributed by atoms with Crippen molar-refractivity contribution in [3.05, 3.63) is 96.1 Å². The van der Waals surface area contributed by atoms with Crippen LogP contribution in [-0.4, -0.2) is 7.05 Å². The lowest BCUT2D eigenvalue weighted by molar-refractivity contribution is 1.19. The van der Waals surface area contributed by atoms with Crippen molar-refractivity contribution in [1.82, 2.24) is 0 Å². The third-order valence-corrected chi connectivity index (χ3v) is 4.93. The molecular weight excluding hydrogens is 314 g/mol. The second kappa shape index (κ2) is 6.68. The number of hydrogen-bond donors (Lipinski definition) is 0. The Kier molecular flexibility index (Phi) is 4.22. The Morgan fingerprint density at radius 1 is 0.615 bits per heavy atom. The molecule has 0 saturated carbocycles. The molecule has 0 saturated heterocycles. The monoisotopic (exact) mass is 337 g/mol. The van der Waals surface area contributed by atoms with Gasteiger partial charge in [-0.15, -0.1) is 0 Å². The van der Waals surface area contributed by atoms with Crippen molar-refractivity contribution >= 4 is 22.1 Å². The van der Waals surface area contributed by atoms with Crippen LogP contribution in [0.1, 0.15) is 11.1 Å². The van der Waals surface area contributed by atoms with Crippen LogP contribution in [0.15, 0.2) is 84.9 Å². The second-order valence-corrected chi connectivity index (χ2v) is 6.98. The van der Waals surface area contributed by atoms with Gasteiger partial charge in [-0.25, -0.2) is 0 Å². The van der Waals surface area contributed by atoms with Crippen molar-refractivity contribution in [2.75, 3.05) is 11.9 Å². The fourth-order valence-electron chi connectivity index (χ4n) is 3.65. The first-order chi connectivity index (χ1) is 12.6. The molecule has 0 fully saturated rings. The largest absolute Gasteiger partial charge is 0.345 e. The maximum Gasteiger partial charge on any atom is 0.0414 e. The molecule has 1 nitrogen and oxygen atoms in total. The molecule has 4 aromatic rings. The van der Waals surface area contributed by atoms with Crippen LogP contribution >= 0.6 is 0 Å².